The largest absolute Gasteiger partial charge is 0.462 e. The normalized spacial score (nSPS) is 15.8. The van der Waals surface area contributed by atoms with Gasteiger partial charge in [-0.15, -0.1) is 0 Å². The van der Waals surface area contributed by atoms with Gasteiger partial charge in [0.1, 0.15) is 13.1 Å². The average molecular weight is 401 g/mol. The molecule has 1 aromatic heterocycles. The molecular formula is C19H19N3O5S. The number of rotatable bonds is 6. The smallest absolute Gasteiger partial charge is 0.326 e. The van der Waals surface area contributed by atoms with Crippen molar-refractivity contribution in [2.24, 2.45) is 5.73 Å². The van der Waals surface area contributed by atoms with Crippen LogP contribution >= 0.6 is 11.8 Å². The van der Waals surface area contributed by atoms with Gasteiger partial charge in [-0.2, -0.15) is 0 Å². The maximum atomic E-state index is 12.6. The Kier molecular flexibility index (Phi) is 5.55. The molecule has 3 rings (SSSR count). The first kappa shape index (κ1) is 19.7. The standard InChI is InChI=1S/C19H19N3O5S/c1-11(2)27-17(24)10-22-18(25)15(28-19(22)26)7-12-8-21(9-16(20)23)14-6-4-3-5-13(12)14/h3-8,11H,9-10H2,1-2H3,(H2,20,23)/b15-7+. The summed E-state index contributed by atoms with van der Waals surface area (Å²) in [5.41, 5.74) is 6.76. The predicted molar refractivity (Wildman–Crippen MR) is 105 cm³/mol. The van der Waals surface area contributed by atoms with E-state index in [9.17, 15) is 19.2 Å². The summed E-state index contributed by atoms with van der Waals surface area (Å²) in [5.74, 6) is -1.68. The Balaban J connectivity index is 1.90. The number of nitrogens with two attached hydrogens (primary N) is 1. The Labute approximate surface area is 165 Å². The minimum Gasteiger partial charge on any atom is -0.462 e. The summed E-state index contributed by atoms with van der Waals surface area (Å²) in [6, 6.07) is 7.35. The van der Waals surface area contributed by atoms with Crippen LogP contribution < -0.4 is 5.73 Å². The van der Waals surface area contributed by atoms with Gasteiger partial charge in [-0.05, 0) is 37.8 Å². The number of nitrogens with zero attached hydrogens (tertiary/aromatic N) is 2. The zero-order chi connectivity index (χ0) is 20.4. The Morgan fingerprint density at radius 2 is 1.93 bits per heavy atom. The Morgan fingerprint density at radius 1 is 1.21 bits per heavy atom. The molecule has 1 aromatic carbocycles. The SMILES string of the molecule is CC(C)OC(=O)CN1C(=O)S/C(=C/c2cn(CC(N)=O)c3ccccc23)C1=O. The van der Waals surface area contributed by atoms with Crippen LogP contribution in [-0.2, 0) is 25.7 Å². The van der Waals surface area contributed by atoms with E-state index in [2.05, 4.69) is 0 Å². The van der Waals surface area contributed by atoms with E-state index < -0.39 is 29.6 Å². The fourth-order valence-corrected chi connectivity index (χ4v) is 3.72. The number of hydrogen-bond donors (Lipinski definition) is 1. The van der Waals surface area contributed by atoms with Crippen molar-refractivity contribution in [3.8, 4) is 0 Å². The fraction of sp³-hybridized carbons (Fsp3) is 0.263. The summed E-state index contributed by atoms with van der Waals surface area (Å²) in [7, 11) is 0. The molecule has 2 heterocycles. The zero-order valence-corrected chi connectivity index (χ0v) is 16.2. The molecule has 1 fully saturated rings. The molecule has 9 heteroatoms. The predicted octanol–water partition coefficient (Wildman–Crippen LogP) is 2.11. The van der Waals surface area contributed by atoms with E-state index in [1.807, 2.05) is 24.3 Å². The van der Waals surface area contributed by atoms with E-state index in [1.165, 1.54) is 0 Å². The number of thioether (sulfide) groups is 1. The molecule has 2 aromatic rings. The van der Waals surface area contributed by atoms with E-state index in [0.29, 0.717) is 5.56 Å². The van der Waals surface area contributed by atoms with Gasteiger partial charge in [0.2, 0.25) is 5.91 Å². The van der Waals surface area contributed by atoms with Crippen molar-refractivity contribution in [1.29, 1.82) is 0 Å². The molecule has 0 spiro atoms. The number of esters is 1. The second-order valence-electron chi connectivity index (χ2n) is 6.50. The summed E-state index contributed by atoms with van der Waals surface area (Å²) in [6.07, 6.45) is 2.95. The number of primary amides is 1. The number of carbonyl (C=O) groups is 4. The van der Waals surface area contributed by atoms with Crippen molar-refractivity contribution in [3.63, 3.8) is 0 Å². The van der Waals surface area contributed by atoms with E-state index in [0.717, 1.165) is 27.6 Å². The van der Waals surface area contributed by atoms with Gasteiger partial charge in [0.25, 0.3) is 11.1 Å². The quantitative estimate of drug-likeness (QED) is 0.586. The van der Waals surface area contributed by atoms with Crippen molar-refractivity contribution >= 4 is 51.8 Å². The third-order valence-electron chi connectivity index (χ3n) is 3.96. The highest BCUT2D eigenvalue weighted by molar-refractivity contribution is 8.18. The molecule has 1 aliphatic heterocycles. The number of benzene rings is 1. The molecule has 3 amide bonds. The van der Waals surface area contributed by atoms with Crippen LogP contribution in [0.5, 0.6) is 0 Å². The summed E-state index contributed by atoms with van der Waals surface area (Å²) in [6.45, 7) is 2.95. The van der Waals surface area contributed by atoms with Gasteiger partial charge < -0.3 is 15.0 Å². The summed E-state index contributed by atoms with van der Waals surface area (Å²) in [5, 5.41) is 0.285. The van der Waals surface area contributed by atoms with Crippen molar-refractivity contribution < 1.29 is 23.9 Å². The van der Waals surface area contributed by atoms with Crippen LogP contribution in [0.4, 0.5) is 4.79 Å². The highest BCUT2D eigenvalue weighted by atomic mass is 32.2. The lowest BCUT2D eigenvalue weighted by atomic mass is 10.1. The summed E-state index contributed by atoms with van der Waals surface area (Å²) >= 11 is 0.759. The van der Waals surface area contributed by atoms with E-state index in [4.69, 9.17) is 10.5 Å². The number of hydrogen-bond acceptors (Lipinski definition) is 6. The minimum atomic E-state index is -0.642. The van der Waals surface area contributed by atoms with Crippen LogP contribution in [0.3, 0.4) is 0 Å². The van der Waals surface area contributed by atoms with Crippen LogP contribution in [0.1, 0.15) is 19.4 Å². The molecule has 0 aliphatic carbocycles. The van der Waals surface area contributed by atoms with Crippen LogP contribution in [0.15, 0.2) is 35.4 Å². The summed E-state index contributed by atoms with van der Waals surface area (Å²) < 4.78 is 6.69. The number of aromatic nitrogens is 1. The van der Waals surface area contributed by atoms with E-state index >= 15 is 0 Å². The average Bonchev–Trinajstić information content (AvgIpc) is 3.07. The molecule has 2 N–H and O–H groups in total. The third-order valence-corrected chi connectivity index (χ3v) is 4.87. The van der Waals surface area contributed by atoms with Crippen molar-refractivity contribution in [2.45, 2.75) is 26.5 Å². The van der Waals surface area contributed by atoms with Crippen LogP contribution in [0.2, 0.25) is 0 Å². The van der Waals surface area contributed by atoms with E-state index in [1.54, 1.807) is 30.7 Å². The first-order valence-corrected chi connectivity index (χ1v) is 9.39. The van der Waals surface area contributed by atoms with Crippen molar-refractivity contribution in [1.82, 2.24) is 9.47 Å². The number of fused-ring (bicyclic) bond motifs is 1. The molecule has 0 radical (unpaired) electrons. The maximum Gasteiger partial charge on any atom is 0.326 e. The number of amides is 3. The number of imide groups is 1. The highest BCUT2D eigenvalue weighted by Gasteiger charge is 2.37. The Morgan fingerprint density at radius 3 is 2.61 bits per heavy atom. The first-order valence-electron chi connectivity index (χ1n) is 8.57. The van der Waals surface area contributed by atoms with E-state index in [-0.39, 0.29) is 17.6 Å². The Hall–Kier alpha value is -3.07. The summed E-state index contributed by atoms with van der Waals surface area (Å²) in [4.78, 5) is 48.9. The molecule has 0 bridgehead atoms. The fourth-order valence-electron chi connectivity index (χ4n) is 2.90. The van der Waals surface area contributed by atoms with Gasteiger partial charge in [-0.3, -0.25) is 24.1 Å². The van der Waals surface area contributed by atoms with Gasteiger partial charge in [0.15, 0.2) is 0 Å². The lowest BCUT2D eigenvalue weighted by Crippen LogP contribution is -2.35. The number of ether oxygens (including phenoxy) is 1. The van der Waals surface area contributed by atoms with Crippen LogP contribution in [0.25, 0.3) is 17.0 Å². The van der Waals surface area contributed by atoms with Gasteiger partial charge in [-0.1, -0.05) is 18.2 Å². The molecule has 0 unspecified atom stereocenters. The third kappa shape index (κ3) is 4.09. The molecular weight excluding hydrogens is 382 g/mol. The van der Waals surface area contributed by atoms with Crippen LogP contribution in [0, 0.1) is 0 Å². The molecule has 28 heavy (non-hydrogen) atoms. The number of carbonyl (C=O) groups excluding carboxylic acids is 4. The van der Waals surface area contributed by atoms with Gasteiger partial charge in [0.05, 0.1) is 11.0 Å². The molecule has 146 valence electrons. The van der Waals surface area contributed by atoms with Gasteiger partial charge >= 0.3 is 5.97 Å². The molecule has 0 atom stereocenters. The van der Waals surface area contributed by atoms with Gasteiger partial charge in [-0.25, -0.2) is 0 Å². The first-order chi connectivity index (χ1) is 13.3. The maximum absolute atomic E-state index is 12.6. The topological polar surface area (TPSA) is 112 Å². The van der Waals surface area contributed by atoms with Gasteiger partial charge in [0, 0.05) is 22.7 Å². The molecule has 1 aliphatic rings. The van der Waals surface area contributed by atoms with Crippen LogP contribution in [-0.4, -0.2) is 45.1 Å². The molecule has 0 saturated carbocycles. The lowest BCUT2D eigenvalue weighted by molar-refractivity contribution is -0.149. The number of para-hydroxylation sites is 1. The zero-order valence-electron chi connectivity index (χ0n) is 15.4. The Bertz CT molecular complexity index is 1010. The van der Waals surface area contributed by atoms with Crippen molar-refractivity contribution in [3.05, 3.63) is 40.9 Å². The molecule has 8 nitrogen and oxygen atoms in total. The molecule has 1 saturated heterocycles. The second kappa shape index (κ2) is 7.89. The second-order valence-corrected chi connectivity index (χ2v) is 7.50. The minimum absolute atomic E-state index is 0.00310. The lowest BCUT2D eigenvalue weighted by Gasteiger charge is -2.13. The van der Waals surface area contributed by atoms with Crippen molar-refractivity contribution in [2.75, 3.05) is 6.54 Å². The highest BCUT2D eigenvalue weighted by Crippen LogP contribution is 2.34. The monoisotopic (exact) mass is 401 g/mol.